The van der Waals surface area contributed by atoms with Gasteiger partial charge in [-0.3, -0.25) is 4.79 Å². The number of carbonyl (C=O) groups is 1. The summed E-state index contributed by atoms with van der Waals surface area (Å²) in [7, 11) is 4.11. The van der Waals surface area contributed by atoms with Gasteiger partial charge in [-0.1, -0.05) is 13.0 Å². The smallest absolute Gasteiger partial charge is 0.257 e. The lowest BCUT2D eigenvalue weighted by molar-refractivity contribution is 0.0777. The molecule has 0 aliphatic carbocycles. The number of rotatable bonds is 4. The van der Waals surface area contributed by atoms with E-state index in [0.717, 1.165) is 13.1 Å². The molecule has 116 valence electrons. The molecule has 2 N–H and O–H groups in total. The van der Waals surface area contributed by atoms with E-state index >= 15 is 0 Å². The quantitative estimate of drug-likeness (QED) is 0.858. The van der Waals surface area contributed by atoms with E-state index in [9.17, 15) is 4.79 Å². The number of nitrogens with two attached hydrogens (primary N) is 1. The molecule has 2 unspecified atom stereocenters. The van der Waals surface area contributed by atoms with Crippen molar-refractivity contribution in [3.63, 3.8) is 0 Å². The Labute approximate surface area is 126 Å². The number of hydrogen-bond acceptors (Lipinski definition) is 4. The van der Waals surface area contributed by atoms with E-state index in [1.54, 1.807) is 18.2 Å². The average molecular weight is 291 g/mol. The molecule has 1 fully saturated rings. The van der Waals surface area contributed by atoms with Crippen molar-refractivity contribution in [1.82, 2.24) is 9.80 Å². The molecule has 0 radical (unpaired) electrons. The molecule has 1 saturated heterocycles. The Kier molecular flexibility index (Phi) is 4.73. The fraction of sp³-hybridized carbons (Fsp3) is 0.562. The van der Waals surface area contributed by atoms with Crippen molar-refractivity contribution < 1.29 is 9.53 Å². The molecule has 0 spiro atoms. The van der Waals surface area contributed by atoms with Gasteiger partial charge >= 0.3 is 0 Å². The minimum Gasteiger partial charge on any atom is -0.491 e. The van der Waals surface area contributed by atoms with Crippen molar-refractivity contribution >= 4 is 11.6 Å². The molecule has 0 saturated carbocycles. The summed E-state index contributed by atoms with van der Waals surface area (Å²) in [6, 6.07) is 5.74. The highest BCUT2D eigenvalue weighted by Crippen LogP contribution is 2.30. The lowest BCUT2D eigenvalue weighted by Crippen LogP contribution is -2.35. The number of hydrogen-bond donors (Lipinski definition) is 1. The summed E-state index contributed by atoms with van der Waals surface area (Å²) < 4.78 is 5.57. The minimum absolute atomic E-state index is 0.00181. The predicted molar refractivity (Wildman–Crippen MR) is 84.6 cm³/mol. The summed E-state index contributed by atoms with van der Waals surface area (Å²) in [4.78, 5) is 16.9. The van der Waals surface area contributed by atoms with Gasteiger partial charge in [-0.15, -0.1) is 0 Å². The molecular formula is C16H25N3O2. The lowest BCUT2D eigenvalue weighted by atomic mass is 10.1. The number of likely N-dealkylation sites (tertiary alicyclic amines) is 1. The number of amides is 1. The standard InChI is InChI=1S/C16H25N3O2/c1-5-21-15-12(7-6-8-13(15)17)16(20)19-9-11(2)14(10-19)18(3)4/h6-8,11,14H,5,9-10,17H2,1-4H3. The fourth-order valence-corrected chi connectivity index (χ4v) is 2.99. The average Bonchev–Trinajstić information content (AvgIpc) is 2.83. The molecule has 1 heterocycles. The molecule has 1 aliphatic rings. The van der Waals surface area contributed by atoms with Gasteiger partial charge in [-0.05, 0) is 39.1 Å². The largest absolute Gasteiger partial charge is 0.491 e. The number of ether oxygens (including phenoxy) is 1. The Morgan fingerprint density at radius 1 is 1.43 bits per heavy atom. The molecule has 2 rings (SSSR count). The molecule has 1 aromatic rings. The molecule has 2 atom stereocenters. The molecule has 1 aliphatic heterocycles. The van der Waals surface area contributed by atoms with E-state index in [4.69, 9.17) is 10.5 Å². The van der Waals surface area contributed by atoms with E-state index in [2.05, 4.69) is 25.9 Å². The SMILES string of the molecule is CCOc1c(N)cccc1C(=O)N1CC(C)C(N(C)C)C1. The van der Waals surface area contributed by atoms with Crippen LogP contribution < -0.4 is 10.5 Å². The predicted octanol–water partition coefficient (Wildman–Crippen LogP) is 1.69. The second-order valence-corrected chi connectivity index (χ2v) is 5.88. The van der Waals surface area contributed by atoms with Crippen molar-refractivity contribution in [2.75, 3.05) is 39.5 Å². The molecule has 21 heavy (non-hydrogen) atoms. The minimum atomic E-state index is 0.00181. The number of anilines is 1. The zero-order valence-corrected chi connectivity index (χ0v) is 13.3. The highest BCUT2D eigenvalue weighted by molar-refractivity contribution is 5.98. The van der Waals surface area contributed by atoms with Crippen molar-refractivity contribution in [2.24, 2.45) is 5.92 Å². The van der Waals surface area contributed by atoms with Crippen LogP contribution in [0, 0.1) is 5.92 Å². The zero-order valence-electron chi connectivity index (χ0n) is 13.3. The maximum atomic E-state index is 12.8. The third-order valence-electron chi connectivity index (χ3n) is 4.09. The molecule has 1 aromatic carbocycles. The van der Waals surface area contributed by atoms with Crippen LogP contribution in [0.5, 0.6) is 5.75 Å². The normalized spacial score (nSPS) is 21.9. The summed E-state index contributed by atoms with van der Waals surface area (Å²) >= 11 is 0. The maximum Gasteiger partial charge on any atom is 0.257 e. The van der Waals surface area contributed by atoms with Crippen LogP contribution in [0.3, 0.4) is 0 Å². The first-order valence-corrected chi connectivity index (χ1v) is 7.42. The first-order chi connectivity index (χ1) is 9.95. The van der Waals surface area contributed by atoms with Gasteiger partial charge in [0.25, 0.3) is 5.91 Å². The Hall–Kier alpha value is -1.75. The molecule has 5 heteroatoms. The van der Waals surface area contributed by atoms with Crippen LogP contribution in [0.4, 0.5) is 5.69 Å². The van der Waals surface area contributed by atoms with Gasteiger partial charge in [0, 0.05) is 19.1 Å². The molecule has 0 bridgehead atoms. The van der Waals surface area contributed by atoms with Crippen LogP contribution in [-0.4, -0.2) is 55.5 Å². The van der Waals surface area contributed by atoms with Crippen LogP contribution in [0.25, 0.3) is 0 Å². The van der Waals surface area contributed by atoms with Gasteiger partial charge in [0.15, 0.2) is 5.75 Å². The Morgan fingerprint density at radius 2 is 2.14 bits per heavy atom. The molecular weight excluding hydrogens is 266 g/mol. The van der Waals surface area contributed by atoms with E-state index in [1.807, 2.05) is 11.8 Å². The van der Waals surface area contributed by atoms with Crippen molar-refractivity contribution in [2.45, 2.75) is 19.9 Å². The van der Waals surface area contributed by atoms with E-state index in [1.165, 1.54) is 0 Å². The van der Waals surface area contributed by atoms with Gasteiger partial charge < -0.3 is 20.3 Å². The maximum absolute atomic E-state index is 12.8. The third kappa shape index (κ3) is 3.13. The van der Waals surface area contributed by atoms with Crippen molar-refractivity contribution in [1.29, 1.82) is 0 Å². The van der Waals surface area contributed by atoms with Gasteiger partial charge in [-0.25, -0.2) is 0 Å². The zero-order chi connectivity index (χ0) is 15.6. The number of para-hydroxylation sites is 1. The number of benzene rings is 1. The van der Waals surface area contributed by atoms with Gasteiger partial charge in [0.1, 0.15) is 0 Å². The second-order valence-electron chi connectivity index (χ2n) is 5.88. The summed E-state index contributed by atoms with van der Waals surface area (Å²) in [6.07, 6.45) is 0. The number of nitrogens with zero attached hydrogens (tertiary/aromatic N) is 2. The van der Waals surface area contributed by atoms with Crippen LogP contribution in [0.15, 0.2) is 18.2 Å². The lowest BCUT2D eigenvalue weighted by Gasteiger charge is -2.22. The second kappa shape index (κ2) is 6.35. The van der Waals surface area contributed by atoms with E-state index < -0.39 is 0 Å². The first kappa shape index (κ1) is 15.6. The third-order valence-corrected chi connectivity index (χ3v) is 4.09. The molecule has 0 aromatic heterocycles. The number of likely N-dealkylation sites (N-methyl/N-ethyl adjacent to an activating group) is 1. The van der Waals surface area contributed by atoms with Crippen molar-refractivity contribution in [3.8, 4) is 5.75 Å². The number of nitrogen functional groups attached to an aromatic ring is 1. The van der Waals surface area contributed by atoms with Gasteiger partial charge in [-0.2, -0.15) is 0 Å². The fourth-order valence-electron chi connectivity index (χ4n) is 2.99. The van der Waals surface area contributed by atoms with Crippen molar-refractivity contribution in [3.05, 3.63) is 23.8 Å². The number of carbonyl (C=O) groups excluding carboxylic acids is 1. The molecule has 1 amide bonds. The summed E-state index contributed by atoms with van der Waals surface area (Å²) in [6.45, 7) is 6.07. The topological polar surface area (TPSA) is 58.8 Å². The van der Waals surface area contributed by atoms with E-state index in [0.29, 0.717) is 35.6 Å². The Balaban J connectivity index is 2.23. The summed E-state index contributed by atoms with van der Waals surface area (Å²) in [5.41, 5.74) is 7.01. The first-order valence-electron chi connectivity index (χ1n) is 7.42. The van der Waals surface area contributed by atoms with Crippen LogP contribution in [0.2, 0.25) is 0 Å². The Morgan fingerprint density at radius 3 is 2.71 bits per heavy atom. The highest BCUT2D eigenvalue weighted by Gasteiger charge is 2.34. The highest BCUT2D eigenvalue weighted by atomic mass is 16.5. The van der Waals surface area contributed by atoms with Gasteiger partial charge in [0.05, 0.1) is 17.9 Å². The summed E-state index contributed by atoms with van der Waals surface area (Å²) in [5, 5.41) is 0. The summed E-state index contributed by atoms with van der Waals surface area (Å²) in [5.74, 6) is 0.966. The van der Waals surface area contributed by atoms with Gasteiger partial charge in [0.2, 0.25) is 0 Å². The molecule has 5 nitrogen and oxygen atoms in total. The van der Waals surface area contributed by atoms with E-state index in [-0.39, 0.29) is 5.91 Å². The van der Waals surface area contributed by atoms with Crippen LogP contribution in [-0.2, 0) is 0 Å². The van der Waals surface area contributed by atoms with Crippen LogP contribution >= 0.6 is 0 Å². The van der Waals surface area contributed by atoms with Crippen LogP contribution in [0.1, 0.15) is 24.2 Å². The Bertz CT molecular complexity index is 516. The monoisotopic (exact) mass is 291 g/mol.